The molecule has 3 aliphatic heterocycles. The van der Waals surface area contributed by atoms with Crippen molar-refractivity contribution in [3.63, 3.8) is 0 Å². The van der Waals surface area contributed by atoms with Crippen molar-refractivity contribution in [2.45, 2.75) is 141 Å². The van der Waals surface area contributed by atoms with Gasteiger partial charge in [0.25, 0.3) is 11.8 Å². The molecule has 284 valence electrons. The fourth-order valence-corrected chi connectivity index (χ4v) is 8.91. The number of imide groups is 1. The Morgan fingerprint density at radius 2 is 1.73 bits per heavy atom. The first-order valence-electron chi connectivity index (χ1n) is 19.3. The molecular weight excluding hydrogens is 650 g/mol. The summed E-state index contributed by atoms with van der Waals surface area (Å²) >= 11 is 0. The molecule has 1 spiro atoms. The second kappa shape index (κ2) is 16.9. The number of carbonyl (C=O) groups excluding carboxylic acids is 4. The van der Waals surface area contributed by atoms with Crippen LogP contribution < -0.4 is 10.6 Å². The Bertz CT molecular complexity index is 1340. The highest BCUT2D eigenvalue weighted by atomic mass is 16.6. The monoisotopic (exact) mass is 711 g/mol. The Hall–Kier alpha value is -2.86. The van der Waals surface area contributed by atoms with Gasteiger partial charge in [0.05, 0.1) is 36.4 Å². The van der Waals surface area contributed by atoms with Crippen molar-refractivity contribution in [3.8, 4) is 0 Å². The van der Waals surface area contributed by atoms with Gasteiger partial charge in [-0.05, 0) is 102 Å². The van der Waals surface area contributed by atoms with Gasteiger partial charge in [0.15, 0.2) is 0 Å². The number of epoxide rings is 1. The highest BCUT2D eigenvalue weighted by molar-refractivity contribution is 6.12. The molecule has 2 saturated heterocycles. The quantitative estimate of drug-likeness (QED) is 0.0998. The third-order valence-corrected chi connectivity index (χ3v) is 12.2. The number of aliphatic hydroxyl groups excluding tert-OH is 2. The molecule has 4 amide bonds. The number of hydrogen-bond acceptors (Lipinski definition) is 8. The molecule has 51 heavy (non-hydrogen) atoms. The van der Waals surface area contributed by atoms with Crippen LogP contribution in [-0.2, 0) is 28.7 Å². The molecule has 2 saturated carbocycles. The third-order valence-electron chi connectivity index (χ3n) is 12.2. The Balaban J connectivity index is 0.992. The lowest BCUT2D eigenvalue weighted by atomic mass is 9.81. The van der Waals surface area contributed by atoms with E-state index in [1.54, 1.807) is 6.92 Å². The van der Waals surface area contributed by atoms with Crippen LogP contribution in [0.5, 0.6) is 0 Å². The molecule has 5 rings (SSSR count). The smallest absolute Gasteiger partial charge is 0.253 e. The number of amides is 4. The summed E-state index contributed by atoms with van der Waals surface area (Å²) in [6, 6.07) is 0.0720. The normalized spacial score (nSPS) is 32.6. The Morgan fingerprint density at radius 3 is 2.35 bits per heavy atom. The second-order valence-corrected chi connectivity index (χ2v) is 16.5. The second-order valence-electron chi connectivity index (χ2n) is 16.5. The molecule has 3 heterocycles. The minimum atomic E-state index is -0.578. The molecule has 8 atom stereocenters. The molecule has 0 aromatic rings. The lowest BCUT2D eigenvalue weighted by Crippen LogP contribution is -2.42. The highest BCUT2D eigenvalue weighted by Gasteiger charge is 2.56. The molecule has 0 unspecified atom stereocenters. The van der Waals surface area contributed by atoms with Gasteiger partial charge in [-0.25, -0.2) is 0 Å². The minimum absolute atomic E-state index is 0.0109. The molecular formula is C40H61N3O8. The maximum Gasteiger partial charge on any atom is 0.253 e. The van der Waals surface area contributed by atoms with E-state index in [-0.39, 0.29) is 109 Å². The molecule has 0 aromatic carbocycles. The van der Waals surface area contributed by atoms with Gasteiger partial charge in [-0.1, -0.05) is 32.1 Å². The van der Waals surface area contributed by atoms with Crippen molar-refractivity contribution in [1.82, 2.24) is 15.5 Å². The average Bonchev–Trinajstić information content (AvgIpc) is 3.97. The Morgan fingerprint density at radius 1 is 1.04 bits per heavy atom. The summed E-state index contributed by atoms with van der Waals surface area (Å²) < 4.78 is 12.7. The zero-order valence-electron chi connectivity index (χ0n) is 31.3. The van der Waals surface area contributed by atoms with E-state index in [9.17, 15) is 29.4 Å². The summed E-state index contributed by atoms with van der Waals surface area (Å²) in [4.78, 5) is 50.4. The zero-order valence-corrected chi connectivity index (χ0v) is 31.3. The van der Waals surface area contributed by atoms with E-state index in [0.717, 1.165) is 57.8 Å². The van der Waals surface area contributed by atoms with Gasteiger partial charge < -0.3 is 30.3 Å². The van der Waals surface area contributed by atoms with Gasteiger partial charge in [0, 0.05) is 55.6 Å². The predicted molar refractivity (Wildman–Crippen MR) is 193 cm³/mol. The van der Waals surface area contributed by atoms with E-state index < -0.39 is 6.10 Å². The van der Waals surface area contributed by atoms with Crippen LogP contribution in [0.2, 0.25) is 0 Å². The van der Waals surface area contributed by atoms with Crippen molar-refractivity contribution in [1.29, 1.82) is 0 Å². The summed E-state index contributed by atoms with van der Waals surface area (Å²) in [5.74, 6) is -0.261. The van der Waals surface area contributed by atoms with E-state index in [1.807, 2.05) is 6.92 Å². The van der Waals surface area contributed by atoms with Crippen LogP contribution in [0.1, 0.15) is 105 Å². The number of nitrogens with one attached hydrogen (secondary N) is 2. The number of allylic oxidation sites excluding steroid dienone is 3. The van der Waals surface area contributed by atoms with Gasteiger partial charge in [-0.3, -0.25) is 24.1 Å². The molecule has 5 aliphatic rings. The minimum Gasteiger partial charge on any atom is -0.396 e. The summed E-state index contributed by atoms with van der Waals surface area (Å²) in [7, 11) is 0. The standard InChI is InChI=1S/C40H61N3O8/c1-25(22-39(5)38(51-39)27(3)32(24-44)28(4)45)7-6-8-26(2)37-40(18-19-40)17-15-31(50-37)21-34(47)41-20-16-33(46)42-30-11-9-29(10-12-30)23-43-35(48)13-14-36(43)49/h6-8,13-14,25,27-32,37-38,44-45H,9-12,15-24H2,1-5H3,(H,41,47)(H,42,46)/b7-6+,26-8+/t25-,27-,28-,29?,30?,31-,32-,37-,38-,39-/m1/s1. The van der Waals surface area contributed by atoms with Gasteiger partial charge in [-0.2, -0.15) is 0 Å². The topological polar surface area (TPSA) is 158 Å². The van der Waals surface area contributed by atoms with Crippen LogP contribution >= 0.6 is 0 Å². The van der Waals surface area contributed by atoms with Crippen LogP contribution in [0, 0.1) is 29.1 Å². The summed E-state index contributed by atoms with van der Waals surface area (Å²) in [6.45, 7) is 10.9. The van der Waals surface area contributed by atoms with Crippen LogP contribution in [-0.4, -0.2) is 94.5 Å². The fraction of sp³-hybridized carbons (Fsp3) is 0.750. The van der Waals surface area contributed by atoms with Crippen LogP contribution in [0.4, 0.5) is 0 Å². The summed E-state index contributed by atoms with van der Waals surface area (Å²) in [5, 5.41) is 25.8. The van der Waals surface area contributed by atoms with Crippen LogP contribution in [0.15, 0.2) is 36.0 Å². The summed E-state index contributed by atoms with van der Waals surface area (Å²) in [6.07, 6.45) is 17.2. The largest absolute Gasteiger partial charge is 0.396 e. The van der Waals surface area contributed by atoms with Crippen molar-refractivity contribution in [3.05, 3.63) is 36.0 Å². The molecule has 0 bridgehead atoms. The van der Waals surface area contributed by atoms with Crippen LogP contribution in [0.25, 0.3) is 0 Å². The van der Waals surface area contributed by atoms with Gasteiger partial charge in [0.1, 0.15) is 0 Å². The predicted octanol–water partition coefficient (Wildman–Crippen LogP) is 4.12. The number of rotatable bonds is 17. The number of nitrogens with zero attached hydrogens (tertiary/aromatic N) is 1. The lowest BCUT2D eigenvalue weighted by molar-refractivity contribution is -0.137. The van der Waals surface area contributed by atoms with Crippen molar-refractivity contribution >= 4 is 23.6 Å². The third kappa shape index (κ3) is 10.2. The first-order chi connectivity index (χ1) is 24.2. The first-order valence-corrected chi connectivity index (χ1v) is 19.3. The van der Waals surface area contributed by atoms with E-state index in [0.29, 0.717) is 6.54 Å². The van der Waals surface area contributed by atoms with Gasteiger partial charge in [0.2, 0.25) is 11.8 Å². The summed E-state index contributed by atoms with van der Waals surface area (Å²) in [5.41, 5.74) is 1.09. The molecule has 4 N–H and O–H groups in total. The molecule has 11 heteroatoms. The van der Waals surface area contributed by atoms with Crippen LogP contribution in [0.3, 0.4) is 0 Å². The average molecular weight is 712 g/mol. The van der Waals surface area contributed by atoms with E-state index >= 15 is 0 Å². The van der Waals surface area contributed by atoms with Crippen molar-refractivity contribution in [2.24, 2.45) is 29.1 Å². The van der Waals surface area contributed by atoms with Gasteiger partial charge >= 0.3 is 0 Å². The first kappa shape index (κ1) is 39.3. The number of ether oxygens (including phenoxy) is 2. The number of aliphatic hydroxyl groups is 2. The maximum absolute atomic E-state index is 12.8. The van der Waals surface area contributed by atoms with E-state index in [1.165, 1.54) is 22.6 Å². The number of hydrogen-bond donors (Lipinski definition) is 4. The molecule has 0 radical (unpaired) electrons. The lowest BCUT2D eigenvalue weighted by Gasteiger charge is -2.37. The number of carbonyl (C=O) groups is 4. The maximum atomic E-state index is 12.8. The molecule has 0 aromatic heterocycles. The molecule has 4 fully saturated rings. The van der Waals surface area contributed by atoms with E-state index in [4.69, 9.17) is 9.47 Å². The molecule has 2 aliphatic carbocycles. The molecule has 11 nitrogen and oxygen atoms in total. The van der Waals surface area contributed by atoms with Crippen molar-refractivity contribution < 1.29 is 38.9 Å². The van der Waals surface area contributed by atoms with Gasteiger partial charge in [-0.15, -0.1) is 0 Å². The zero-order chi connectivity index (χ0) is 36.9. The fourth-order valence-electron chi connectivity index (χ4n) is 8.91. The van der Waals surface area contributed by atoms with Crippen molar-refractivity contribution in [2.75, 3.05) is 19.7 Å². The highest BCUT2D eigenvalue weighted by Crippen LogP contribution is 2.58. The Kier molecular flexibility index (Phi) is 13.0. The SMILES string of the molecule is C/C(=C\C=C\[C@@H](C)C[C@@]1(C)O[C@@H]1[C@H](C)[C@@H](CO)[C@@H](C)O)[C@H]1O[C@@H](CC(=O)NCCC(=O)NC2CCC(CN3C(=O)C=CC3=O)CC2)CCC12CC2. The Labute approximate surface area is 303 Å². The van der Waals surface area contributed by atoms with E-state index in [2.05, 4.69) is 49.6 Å².